The smallest absolute Gasteiger partial charge is 0.220 e. The Bertz CT molecular complexity index is 688. The molecule has 0 saturated carbocycles. The van der Waals surface area contributed by atoms with Crippen molar-refractivity contribution in [1.82, 2.24) is 5.32 Å². The Morgan fingerprint density at radius 3 is 2.64 bits per heavy atom. The molecular formula is C15H19NO4S2. The number of hydrogen-bond acceptors (Lipinski definition) is 5. The van der Waals surface area contributed by atoms with E-state index >= 15 is 0 Å². The minimum Gasteiger partial charge on any atom is -0.468 e. The van der Waals surface area contributed by atoms with Gasteiger partial charge in [0.1, 0.15) is 15.2 Å². The summed E-state index contributed by atoms with van der Waals surface area (Å²) in [5.74, 6) is 0.391. The highest BCUT2D eigenvalue weighted by molar-refractivity contribution is 7.93. The molecule has 0 unspecified atom stereocenters. The fraction of sp³-hybridized carbons (Fsp3) is 0.400. The van der Waals surface area contributed by atoms with Crippen LogP contribution >= 0.6 is 11.3 Å². The average Bonchev–Trinajstić information content (AvgIpc) is 3.11. The standard InChI is InChI=1S/C15H19NO4S2/c1-11(2)9-14(17)16-10-13(12-5-3-7-20-12)22(18,19)15-6-4-8-21-15/h3-8,11,13H,9-10H2,1-2H3,(H,16,17)/t13-/m1/s1. The third kappa shape index (κ3) is 3.98. The SMILES string of the molecule is CC(C)CC(=O)NC[C@H](c1ccco1)S(=O)(=O)c1cccs1. The molecule has 22 heavy (non-hydrogen) atoms. The molecule has 1 N–H and O–H groups in total. The second-order valence-electron chi connectivity index (χ2n) is 5.38. The predicted molar refractivity (Wildman–Crippen MR) is 85.4 cm³/mol. The molecule has 2 heterocycles. The quantitative estimate of drug-likeness (QED) is 0.840. The Morgan fingerprint density at radius 1 is 1.32 bits per heavy atom. The van der Waals surface area contributed by atoms with Gasteiger partial charge in [0.15, 0.2) is 9.84 Å². The van der Waals surface area contributed by atoms with Crippen LogP contribution in [0.25, 0.3) is 0 Å². The highest BCUT2D eigenvalue weighted by Gasteiger charge is 2.32. The molecule has 1 atom stereocenters. The number of amides is 1. The summed E-state index contributed by atoms with van der Waals surface area (Å²) in [5.41, 5.74) is 0. The van der Waals surface area contributed by atoms with Crippen LogP contribution in [0.2, 0.25) is 0 Å². The lowest BCUT2D eigenvalue weighted by Crippen LogP contribution is -2.32. The average molecular weight is 341 g/mol. The summed E-state index contributed by atoms with van der Waals surface area (Å²) in [7, 11) is -3.59. The number of hydrogen-bond donors (Lipinski definition) is 1. The van der Waals surface area contributed by atoms with Crippen LogP contribution < -0.4 is 5.32 Å². The molecule has 7 heteroatoms. The van der Waals surface area contributed by atoms with Gasteiger partial charge in [-0.1, -0.05) is 19.9 Å². The van der Waals surface area contributed by atoms with E-state index in [0.717, 1.165) is 11.3 Å². The van der Waals surface area contributed by atoms with Gasteiger partial charge >= 0.3 is 0 Å². The van der Waals surface area contributed by atoms with Crippen molar-refractivity contribution in [3.8, 4) is 0 Å². The van der Waals surface area contributed by atoms with Crippen LogP contribution in [0.15, 0.2) is 44.5 Å². The van der Waals surface area contributed by atoms with E-state index in [1.54, 1.807) is 29.6 Å². The zero-order chi connectivity index (χ0) is 16.2. The van der Waals surface area contributed by atoms with Gasteiger partial charge in [0.25, 0.3) is 0 Å². The summed E-state index contributed by atoms with van der Waals surface area (Å²) in [4.78, 5) is 11.8. The van der Waals surface area contributed by atoms with Gasteiger partial charge in [0.2, 0.25) is 5.91 Å². The van der Waals surface area contributed by atoms with Crippen LogP contribution in [0.3, 0.4) is 0 Å². The Balaban J connectivity index is 2.20. The van der Waals surface area contributed by atoms with Crippen LogP contribution in [-0.4, -0.2) is 20.9 Å². The monoisotopic (exact) mass is 341 g/mol. The van der Waals surface area contributed by atoms with Crippen molar-refractivity contribution in [1.29, 1.82) is 0 Å². The van der Waals surface area contributed by atoms with E-state index in [2.05, 4.69) is 5.32 Å². The van der Waals surface area contributed by atoms with E-state index in [4.69, 9.17) is 4.42 Å². The maximum atomic E-state index is 12.7. The zero-order valence-corrected chi connectivity index (χ0v) is 14.1. The van der Waals surface area contributed by atoms with Crippen molar-refractivity contribution in [2.75, 3.05) is 6.54 Å². The van der Waals surface area contributed by atoms with Gasteiger partial charge in [-0.05, 0) is 29.5 Å². The van der Waals surface area contributed by atoms with E-state index < -0.39 is 15.1 Å². The molecular weight excluding hydrogens is 322 g/mol. The van der Waals surface area contributed by atoms with Crippen LogP contribution in [0, 0.1) is 5.92 Å². The van der Waals surface area contributed by atoms with Gasteiger partial charge in [0.05, 0.1) is 6.26 Å². The van der Waals surface area contributed by atoms with Crippen LogP contribution in [-0.2, 0) is 14.6 Å². The van der Waals surface area contributed by atoms with Gasteiger partial charge in [-0.15, -0.1) is 11.3 Å². The molecule has 0 aromatic carbocycles. The minimum atomic E-state index is -3.59. The van der Waals surface area contributed by atoms with E-state index in [0.29, 0.717) is 12.2 Å². The van der Waals surface area contributed by atoms with Crippen molar-refractivity contribution in [2.45, 2.75) is 29.7 Å². The Hall–Kier alpha value is -1.60. The minimum absolute atomic E-state index is 0.000694. The Morgan fingerprint density at radius 2 is 2.09 bits per heavy atom. The molecule has 0 spiro atoms. The van der Waals surface area contributed by atoms with Crippen molar-refractivity contribution in [2.24, 2.45) is 5.92 Å². The molecule has 0 bridgehead atoms. The molecule has 5 nitrogen and oxygen atoms in total. The lowest BCUT2D eigenvalue weighted by Gasteiger charge is -2.16. The number of rotatable bonds is 7. The summed E-state index contributed by atoms with van der Waals surface area (Å²) in [6.07, 6.45) is 1.80. The highest BCUT2D eigenvalue weighted by Crippen LogP contribution is 2.31. The number of thiophene rings is 1. The van der Waals surface area contributed by atoms with Crippen molar-refractivity contribution in [3.05, 3.63) is 41.7 Å². The second-order valence-corrected chi connectivity index (χ2v) is 8.69. The summed E-state index contributed by atoms with van der Waals surface area (Å²) < 4.78 is 31.0. The Labute approximate surface area is 134 Å². The largest absolute Gasteiger partial charge is 0.468 e. The maximum absolute atomic E-state index is 12.7. The first-order chi connectivity index (χ1) is 10.4. The van der Waals surface area contributed by atoms with Gasteiger partial charge < -0.3 is 9.73 Å². The fourth-order valence-electron chi connectivity index (χ4n) is 2.05. The van der Waals surface area contributed by atoms with Gasteiger partial charge in [0, 0.05) is 13.0 Å². The van der Waals surface area contributed by atoms with Crippen LogP contribution in [0.1, 0.15) is 31.3 Å². The molecule has 0 aliphatic heterocycles. The number of carbonyl (C=O) groups is 1. The predicted octanol–water partition coefficient (Wildman–Crippen LogP) is 3.02. The molecule has 2 aromatic heterocycles. The number of furan rings is 1. The molecule has 0 saturated heterocycles. The topological polar surface area (TPSA) is 76.4 Å². The van der Waals surface area contributed by atoms with Crippen molar-refractivity contribution < 1.29 is 17.6 Å². The molecule has 1 amide bonds. The first kappa shape index (κ1) is 16.8. The summed E-state index contributed by atoms with van der Waals surface area (Å²) in [5, 5.41) is 3.49. The second kappa shape index (κ2) is 7.11. The Kier molecular flexibility index (Phi) is 5.42. The molecule has 2 aromatic rings. The zero-order valence-electron chi connectivity index (χ0n) is 12.5. The molecule has 120 valence electrons. The summed E-state index contributed by atoms with van der Waals surface area (Å²) >= 11 is 1.16. The number of carbonyl (C=O) groups excluding carboxylic acids is 1. The van der Waals surface area contributed by atoms with Gasteiger partial charge in [-0.3, -0.25) is 4.79 Å². The molecule has 2 rings (SSSR count). The van der Waals surface area contributed by atoms with Gasteiger partial charge in [-0.2, -0.15) is 0 Å². The third-order valence-corrected chi connectivity index (χ3v) is 6.58. The maximum Gasteiger partial charge on any atom is 0.220 e. The fourth-order valence-corrected chi connectivity index (χ4v) is 4.84. The van der Waals surface area contributed by atoms with E-state index in [9.17, 15) is 13.2 Å². The van der Waals surface area contributed by atoms with Crippen molar-refractivity contribution in [3.63, 3.8) is 0 Å². The molecule has 0 aliphatic carbocycles. The van der Waals surface area contributed by atoms with Crippen LogP contribution in [0.5, 0.6) is 0 Å². The van der Waals surface area contributed by atoms with E-state index in [1.165, 1.54) is 6.26 Å². The lowest BCUT2D eigenvalue weighted by molar-refractivity contribution is -0.121. The number of nitrogens with one attached hydrogen (secondary N) is 1. The first-order valence-corrected chi connectivity index (χ1v) is 9.41. The summed E-state index contributed by atoms with van der Waals surface area (Å²) in [6.45, 7) is 3.87. The van der Waals surface area contributed by atoms with Gasteiger partial charge in [-0.25, -0.2) is 8.42 Å². The molecule has 0 fully saturated rings. The summed E-state index contributed by atoms with van der Waals surface area (Å²) in [6, 6.07) is 6.51. The number of sulfone groups is 1. The normalized spacial score (nSPS) is 13.2. The first-order valence-electron chi connectivity index (χ1n) is 6.98. The highest BCUT2D eigenvalue weighted by atomic mass is 32.2. The lowest BCUT2D eigenvalue weighted by atomic mass is 10.1. The van der Waals surface area contributed by atoms with Crippen LogP contribution in [0.4, 0.5) is 0 Å². The molecule has 0 aliphatic rings. The van der Waals surface area contributed by atoms with Crippen molar-refractivity contribution >= 4 is 27.1 Å². The third-order valence-electron chi connectivity index (χ3n) is 3.09. The van der Waals surface area contributed by atoms with E-state index in [-0.39, 0.29) is 22.6 Å². The molecule has 0 radical (unpaired) electrons. The van der Waals surface area contributed by atoms with E-state index in [1.807, 2.05) is 13.8 Å².